The van der Waals surface area contributed by atoms with Crippen molar-refractivity contribution in [3.05, 3.63) is 29.5 Å². The van der Waals surface area contributed by atoms with Crippen LogP contribution >= 0.6 is 0 Å². The highest BCUT2D eigenvalue weighted by Crippen LogP contribution is 2.38. The Kier molecular flexibility index (Phi) is 3.16. The lowest BCUT2D eigenvalue weighted by Gasteiger charge is -2.24. The number of carbonyl (C=O) groups excluding carboxylic acids is 1. The van der Waals surface area contributed by atoms with E-state index in [-0.39, 0.29) is 11.9 Å². The van der Waals surface area contributed by atoms with Gasteiger partial charge in [-0.1, -0.05) is 0 Å². The number of nitrogens with zero attached hydrogens (tertiary/aromatic N) is 1. The Labute approximate surface area is 118 Å². The molecule has 2 aromatic rings. The van der Waals surface area contributed by atoms with E-state index in [0.29, 0.717) is 0 Å². The van der Waals surface area contributed by atoms with Crippen molar-refractivity contribution in [1.82, 2.24) is 9.88 Å². The first-order valence-corrected chi connectivity index (χ1v) is 7.04. The molecule has 1 heterocycles. The number of aromatic nitrogens is 1. The molecule has 0 saturated heterocycles. The second-order valence-electron chi connectivity index (χ2n) is 5.45. The van der Waals surface area contributed by atoms with E-state index in [1.807, 2.05) is 6.07 Å². The average Bonchev–Trinajstić information content (AvgIpc) is 2.72. The minimum absolute atomic E-state index is 0.0303. The normalized spacial score (nSPS) is 17.9. The van der Waals surface area contributed by atoms with Crippen LogP contribution in [-0.2, 0) is 18.3 Å². The van der Waals surface area contributed by atoms with E-state index in [2.05, 4.69) is 29.1 Å². The summed E-state index contributed by atoms with van der Waals surface area (Å²) in [4.78, 5) is 11.4. The molecule has 4 nitrogen and oxygen atoms in total. The van der Waals surface area contributed by atoms with E-state index in [0.717, 1.165) is 25.0 Å². The van der Waals surface area contributed by atoms with Gasteiger partial charge in [0.2, 0.25) is 5.91 Å². The molecule has 0 radical (unpaired) electrons. The number of fused-ring (bicyclic) bond motifs is 3. The molecule has 0 fully saturated rings. The zero-order chi connectivity index (χ0) is 14.3. The summed E-state index contributed by atoms with van der Waals surface area (Å²) in [6, 6.07) is 6.28. The number of hydrogen-bond donors (Lipinski definition) is 1. The van der Waals surface area contributed by atoms with Gasteiger partial charge in [-0.2, -0.15) is 0 Å². The Hall–Kier alpha value is -1.97. The molecule has 1 aliphatic carbocycles. The van der Waals surface area contributed by atoms with Gasteiger partial charge in [0.1, 0.15) is 5.75 Å². The van der Waals surface area contributed by atoms with Crippen LogP contribution in [0.3, 0.4) is 0 Å². The lowest BCUT2D eigenvalue weighted by molar-refractivity contribution is -0.119. The third-order valence-corrected chi connectivity index (χ3v) is 4.20. The maximum atomic E-state index is 11.4. The van der Waals surface area contributed by atoms with Crippen LogP contribution in [0.25, 0.3) is 10.9 Å². The number of benzene rings is 1. The molecule has 1 aromatic carbocycles. The van der Waals surface area contributed by atoms with Gasteiger partial charge in [0, 0.05) is 36.1 Å². The topological polar surface area (TPSA) is 43.3 Å². The molecule has 0 spiro atoms. The molecule has 1 amide bonds. The van der Waals surface area contributed by atoms with Crippen molar-refractivity contribution in [1.29, 1.82) is 0 Å². The Morgan fingerprint density at radius 2 is 2.25 bits per heavy atom. The van der Waals surface area contributed by atoms with Crippen LogP contribution in [0.2, 0.25) is 0 Å². The highest BCUT2D eigenvalue weighted by Gasteiger charge is 2.27. The van der Waals surface area contributed by atoms with Crippen molar-refractivity contribution in [2.45, 2.75) is 32.2 Å². The molecule has 0 saturated carbocycles. The molecule has 1 aliphatic rings. The molecule has 1 atom stereocenters. The number of rotatable bonds is 2. The highest BCUT2D eigenvalue weighted by atomic mass is 16.5. The standard InChI is InChI=1S/C16H20N2O2/c1-10(19)17-13-5-4-6-15-16(13)12-9-11(20-3)7-8-14(12)18(15)2/h7-9,13H,4-6H2,1-3H3,(H,17,19). The van der Waals surface area contributed by atoms with Gasteiger partial charge >= 0.3 is 0 Å². The third-order valence-electron chi connectivity index (χ3n) is 4.20. The molecule has 3 rings (SSSR count). The quantitative estimate of drug-likeness (QED) is 0.913. The fourth-order valence-corrected chi connectivity index (χ4v) is 3.33. The Bertz CT molecular complexity index is 673. The zero-order valence-corrected chi connectivity index (χ0v) is 12.2. The molecule has 1 aromatic heterocycles. The molecule has 0 aliphatic heterocycles. The molecule has 4 heteroatoms. The smallest absolute Gasteiger partial charge is 0.217 e. The lowest BCUT2D eigenvalue weighted by Crippen LogP contribution is -2.29. The monoisotopic (exact) mass is 272 g/mol. The molecular weight excluding hydrogens is 252 g/mol. The number of hydrogen-bond acceptors (Lipinski definition) is 2. The Morgan fingerprint density at radius 3 is 2.95 bits per heavy atom. The summed E-state index contributed by atoms with van der Waals surface area (Å²) in [7, 11) is 3.78. The number of aryl methyl sites for hydroxylation is 1. The summed E-state index contributed by atoms with van der Waals surface area (Å²) < 4.78 is 7.59. The molecule has 0 bridgehead atoms. The van der Waals surface area contributed by atoms with Gasteiger partial charge in [0.15, 0.2) is 0 Å². The van der Waals surface area contributed by atoms with Crippen molar-refractivity contribution < 1.29 is 9.53 Å². The van der Waals surface area contributed by atoms with Gasteiger partial charge in [-0.25, -0.2) is 0 Å². The summed E-state index contributed by atoms with van der Waals surface area (Å²) in [6.07, 6.45) is 3.18. The summed E-state index contributed by atoms with van der Waals surface area (Å²) in [6.45, 7) is 1.58. The van der Waals surface area contributed by atoms with E-state index in [1.165, 1.54) is 22.2 Å². The first kappa shape index (κ1) is 13.0. The Morgan fingerprint density at radius 1 is 1.45 bits per heavy atom. The molecule has 1 N–H and O–H groups in total. The van der Waals surface area contributed by atoms with Crippen LogP contribution < -0.4 is 10.1 Å². The van der Waals surface area contributed by atoms with Crippen molar-refractivity contribution >= 4 is 16.8 Å². The van der Waals surface area contributed by atoms with Crippen LogP contribution in [0.1, 0.15) is 37.1 Å². The number of nitrogens with one attached hydrogen (secondary N) is 1. The number of ether oxygens (including phenoxy) is 1. The second-order valence-corrected chi connectivity index (χ2v) is 5.45. The largest absolute Gasteiger partial charge is 0.497 e. The van der Waals surface area contributed by atoms with Crippen molar-refractivity contribution in [2.24, 2.45) is 7.05 Å². The molecule has 1 unspecified atom stereocenters. The first-order chi connectivity index (χ1) is 9.61. The van der Waals surface area contributed by atoms with Crippen molar-refractivity contribution in [3.63, 3.8) is 0 Å². The summed E-state index contributed by atoms with van der Waals surface area (Å²) in [5, 5.41) is 4.28. The van der Waals surface area contributed by atoms with E-state index >= 15 is 0 Å². The van der Waals surface area contributed by atoms with Gasteiger partial charge < -0.3 is 14.6 Å². The lowest BCUT2D eigenvalue weighted by atomic mass is 9.90. The summed E-state index contributed by atoms with van der Waals surface area (Å²) >= 11 is 0. The minimum atomic E-state index is 0.0303. The van der Waals surface area contributed by atoms with Crippen LogP contribution in [-0.4, -0.2) is 17.6 Å². The second kappa shape index (κ2) is 4.85. The SMILES string of the molecule is COc1ccc2c(c1)c1c(n2C)CCCC1NC(C)=O. The molecular formula is C16H20N2O2. The molecule has 106 valence electrons. The Balaban J connectivity index is 2.21. The van der Waals surface area contributed by atoms with Crippen molar-refractivity contribution in [3.8, 4) is 5.75 Å². The fourth-order valence-electron chi connectivity index (χ4n) is 3.33. The van der Waals surface area contributed by atoms with Crippen LogP contribution in [0.5, 0.6) is 5.75 Å². The summed E-state index contributed by atoms with van der Waals surface area (Å²) in [5.74, 6) is 0.890. The predicted molar refractivity (Wildman–Crippen MR) is 79.0 cm³/mol. The zero-order valence-electron chi connectivity index (χ0n) is 12.2. The van der Waals surface area contributed by atoms with E-state index in [9.17, 15) is 4.79 Å². The van der Waals surface area contributed by atoms with Gasteiger partial charge in [-0.15, -0.1) is 0 Å². The first-order valence-electron chi connectivity index (χ1n) is 7.04. The number of carbonyl (C=O) groups is 1. The highest BCUT2D eigenvalue weighted by molar-refractivity contribution is 5.88. The van der Waals surface area contributed by atoms with E-state index in [4.69, 9.17) is 4.74 Å². The minimum Gasteiger partial charge on any atom is -0.497 e. The molecule has 20 heavy (non-hydrogen) atoms. The maximum absolute atomic E-state index is 11.4. The number of methoxy groups -OCH3 is 1. The maximum Gasteiger partial charge on any atom is 0.217 e. The van der Waals surface area contributed by atoms with Crippen LogP contribution in [0.15, 0.2) is 18.2 Å². The van der Waals surface area contributed by atoms with E-state index in [1.54, 1.807) is 14.0 Å². The van der Waals surface area contributed by atoms with E-state index < -0.39 is 0 Å². The van der Waals surface area contributed by atoms with Gasteiger partial charge in [0.25, 0.3) is 0 Å². The third kappa shape index (κ3) is 1.96. The van der Waals surface area contributed by atoms with Crippen LogP contribution in [0.4, 0.5) is 0 Å². The van der Waals surface area contributed by atoms with Gasteiger partial charge in [-0.05, 0) is 37.5 Å². The number of amides is 1. The predicted octanol–water partition coefficient (Wildman–Crippen LogP) is 2.70. The average molecular weight is 272 g/mol. The fraction of sp³-hybridized carbons (Fsp3) is 0.438. The summed E-state index contributed by atoms with van der Waals surface area (Å²) in [5.41, 5.74) is 3.80. The van der Waals surface area contributed by atoms with Gasteiger partial charge in [0.05, 0.1) is 13.2 Å². The van der Waals surface area contributed by atoms with Crippen LogP contribution in [0, 0.1) is 0 Å². The van der Waals surface area contributed by atoms with Crippen molar-refractivity contribution in [2.75, 3.05) is 7.11 Å². The van der Waals surface area contributed by atoms with Gasteiger partial charge in [-0.3, -0.25) is 4.79 Å².